The molecule has 0 aliphatic heterocycles. The van der Waals surface area contributed by atoms with Crippen LogP contribution in [0.15, 0.2) is 109 Å². The number of carbonyl (C=O) groups is 3. The second-order valence-electron chi connectivity index (χ2n) is 10.7. The molecule has 7 nitrogen and oxygen atoms in total. The largest absolute Gasteiger partial charge is 0.492 e. The molecule has 2 N–H and O–H groups in total. The number of benzene rings is 4. The van der Waals surface area contributed by atoms with Crippen molar-refractivity contribution in [3.8, 4) is 5.75 Å². The number of carbonyl (C=O) groups excluding carboxylic acids is 2. The van der Waals surface area contributed by atoms with Gasteiger partial charge in [0.15, 0.2) is 5.78 Å². The fraction of sp³-hybridized carbons (Fsp3) is 0.270. The number of amides is 1. The van der Waals surface area contributed by atoms with E-state index in [9.17, 15) is 19.5 Å². The summed E-state index contributed by atoms with van der Waals surface area (Å²) in [5.41, 5.74) is 3.30. The summed E-state index contributed by atoms with van der Waals surface area (Å²) in [6, 6.07) is 32.2. The second-order valence-corrected chi connectivity index (χ2v) is 10.7. The normalized spacial score (nSPS) is 11.5. The molecule has 4 aromatic rings. The van der Waals surface area contributed by atoms with Gasteiger partial charge in [0.1, 0.15) is 18.4 Å². The van der Waals surface area contributed by atoms with E-state index in [-0.39, 0.29) is 24.0 Å². The van der Waals surface area contributed by atoms with Crippen LogP contribution in [-0.4, -0.2) is 46.9 Å². The molecule has 0 heterocycles. The molecule has 0 fully saturated rings. The summed E-state index contributed by atoms with van der Waals surface area (Å²) in [4.78, 5) is 40.4. The van der Waals surface area contributed by atoms with Gasteiger partial charge in [-0.2, -0.15) is 0 Å². The van der Waals surface area contributed by atoms with Gasteiger partial charge in [-0.3, -0.25) is 9.59 Å². The molecule has 0 spiro atoms. The first-order valence-corrected chi connectivity index (χ1v) is 15.1. The molecule has 1 atom stereocenters. The molecule has 0 bridgehead atoms. The number of carboxylic acid groups (broad SMARTS) is 1. The van der Waals surface area contributed by atoms with Crippen LogP contribution < -0.4 is 10.1 Å². The zero-order valence-electron chi connectivity index (χ0n) is 25.3. The lowest BCUT2D eigenvalue weighted by molar-refractivity contribution is -0.138. The highest BCUT2D eigenvalue weighted by molar-refractivity contribution is 6.12. The fourth-order valence-corrected chi connectivity index (χ4v) is 5.14. The Kier molecular flexibility index (Phi) is 11.7. The molecule has 4 aromatic carbocycles. The van der Waals surface area contributed by atoms with E-state index in [1.165, 1.54) is 0 Å². The summed E-state index contributed by atoms with van der Waals surface area (Å²) in [5.74, 6) is -0.437. The van der Waals surface area contributed by atoms with Crippen molar-refractivity contribution in [3.63, 3.8) is 0 Å². The van der Waals surface area contributed by atoms with Crippen LogP contribution in [-0.2, 0) is 22.6 Å². The van der Waals surface area contributed by atoms with Crippen molar-refractivity contribution < 1.29 is 24.2 Å². The van der Waals surface area contributed by atoms with Crippen molar-refractivity contribution in [2.45, 2.75) is 45.7 Å². The lowest BCUT2D eigenvalue weighted by Gasteiger charge is -2.27. The zero-order valence-corrected chi connectivity index (χ0v) is 25.3. The monoisotopic (exact) mass is 592 g/mol. The molecule has 0 saturated heterocycles. The molecule has 0 saturated carbocycles. The summed E-state index contributed by atoms with van der Waals surface area (Å²) in [6.45, 7) is 5.40. The van der Waals surface area contributed by atoms with Crippen LogP contribution in [0, 0.1) is 5.92 Å². The summed E-state index contributed by atoms with van der Waals surface area (Å²) in [5, 5.41) is 13.1. The Labute approximate surface area is 259 Å². The Morgan fingerprint density at radius 3 is 2.02 bits per heavy atom. The third-order valence-electron chi connectivity index (χ3n) is 7.69. The van der Waals surface area contributed by atoms with E-state index in [2.05, 4.69) is 5.32 Å². The van der Waals surface area contributed by atoms with Gasteiger partial charge in [0.2, 0.25) is 5.91 Å². The summed E-state index contributed by atoms with van der Waals surface area (Å²) < 4.78 is 6.00. The van der Waals surface area contributed by atoms with Crippen molar-refractivity contribution in [1.82, 2.24) is 4.90 Å². The molecule has 228 valence electrons. The van der Waals surface area contributed by atoms with E-state index in [1.807, 2.05) is 79.4 Å². The third-order valence-corrected chi connectivity index (χ3v) is 7.69. The summed E-state index contributed by atoms with van der Waals surface area (Å²) in [7, 11) is 0. The zero-order chi connectivity index (χ0) is 31.3. The summed E-state index contributed by atoms with van der Waals surface area (Å²) >= 11 is 0. The molecule has 7 heteroatoms. The minimum absolute atomic E-state index is 0.0165. The van der Waals surface area contributed by atoms with Crippen LogP contribution in [0.25, 0.3) is 0 Å². The number of ketones is 1. The molecule has 1 amide bonds. The number of nitrogens with zero attached hydrogens (tertiary/aromatic N) is 1. The number of aliphatic carboxylic acids is 1. The van der Waals surface area contributed by atoms with Crippen molar-refractivity contribution in [2.75, 3.05) is 18.5 Å². The van der Waals surface area contributed by atoms with E-state index in [0.29, 0.717) is 42.3 Å². The van der Waals surface area contributed by atoms with E-state index in [1.54, 1.807) is 48.5 Å². The number of carboxylic acids is 1. The number of ether oxygens (including phenoxy) is 1. The van der Waals surface area contributed by atoms with Crippen LogP contribution in [0.4, 0.5) is 5.69 Å². The number of hydrogen-bond donors (Lipinski definition) is 2. The maximum atomic E-state index is 13.2. The standard InChI is InChI=1S/C37H40N2O5/c1-3-29(4-2)36(41)39(26-28-13-7-5-8-14-28)23-24-44-31-21-19-27(20-22-31)25-34(37(42)43)38-33-18-12-11-17-32(33)35(40)30-15-9-6-10-16-30/h5-22,29,34,38H,3-4,23-26H2,1-2H3,(H,42,43)/t34-/m0/s1. The van der Waals surface area contributed by atoms with E-state index < -0.39 is 12.0 Å². The first-order chi connectivity index (χ1) is 21.4. The first-order valence-electron chi connectivity index (χ1n) is 15.1. The van der Waals surface area contributed by atoms with E-state index >= 15 is 0 Å². The molecule has 0 aliphatic rings. The van der Waals surface area contributed by atoms with Gasteiger partial charge in [-0.15, -0.1) is 0 Å². The highest BCUT2D eigenvalue weighted by Crippen LogP contribution is 2.22. The topological polar surface area (TPSA) is 95.9 Å². The van der Waals surface area contributed by atoms with Crippen LogP contribution >= 0.6 is 0 Å². The average Bonchev–Trinajstić information content (AvgIpc) is 3.06. The molecule has 4 rings (SSSR count). The van der Waals surface area contributed by atoms with Crippen LogP contribution in [0.3, 0.4) is 0 Å². The van der Waals surface area contributed by atoms with Crippen molar-refractivity contribution in [3.05, 3.63) is 131 Å². The molecule has 0 radical (unpaired) electrons. The molecule has 0 unspecified atom stereocenters. The molecule has 0 aromatic heterocycles. The molecular formula is C37H40N2O5. The second kappa shape index (κ2) is 16.1. The number of rotatable bonds is 16. The predicted octanol–water partition coefficient (Wildman–Crippen LogP) is 6.87. The highest BCUT2D eigenvalue weighted by atomic mass is 16.5. The van der Waals surface area contributed by atoms with Gasteiger partial charge in [-0.25, -0.2) is 4.79 Å². The molecule has 0 aliphatic carbocycles. The smallest absolute Gasteiger partial charge is 0.326 e. The highest BCUT2D eigenvalue weighted by Gasteiger charge is 2.23. The quantitative estimate of drug-likeness (QED) is 0.138. The lowest BCUT2D eigenvalue weighted by Crippen LogP contribution is -2.38. The number of para-hydroxylation sites is 1. The van der Waals surface area contributed by atoms with E-state index in [0.717, 1.165) is 24.0 Å². The van der Waals surface area contributed by atoms with Crippen LogP contribution in [0.5, 0.6) is 5.75 Å². The Morgan fingerprint density at radius 1 is 0.773 bits per heavy atom. The fourth-order valence-electron chi connectivity index (χ4n) is 5.14. The van der Waals surface area contributed by atoms with Gasteiger partial charge in [0.05, 0.1) is 6.54 Å². The van der Waals surface area contributed by atoms with Gasteiger partial charge in [-0.05, 0) is 48.2 Å². The van der Waals surface area contributed by atoms with E-state index in [4.69, 9.17) is 4.74 Å². The van der Waals surface area contributed by atoms with Crippen molar-refractivity contribution >= 4 is 23.3 Å². The van der Waals surface area contributed by atoms with Crippen LogP contribution in [0.2, 0.25) is 0 Å². The Hall–Kier alpha value is -4.91. The minimum Gasteiger partial charge on any atom is -0.492 e. The van der Waals surface area contributed by atoms with Gasteiger partial charge in [-0.1, -0.05) is 98.8 Å². The molecular weight excluding hydrogens is 552 g/mol. The Morgan fingerprint density at radius 2 is 1.39 bits per heavy atom. The third kappa shape index (κ3) is 8.80. The molecule has 44 heavy (non-hydrogen) atoms. The summed E-state index contributed by atoms with van der Waals surface area (Å²) in [6.07, 6.45) is 1.80. The predicted molar refractivity (Wildman–Crippen MR) is 173 cm³/mol. The maximum absolute atomic E-state index is 13.2. The Bertz CT molecular complexity index is 1500. The van der Waals surface area contributed by atoms with Gasteiger partial charge in [0.25, 0.3) is 0 Å². The number of hydrogen-bond acceptors (Lipinski definition) is 5. The average molecular weight is 593 g/mol. The maximum Gasteiger partial charge on any atom is 0.326 e. The lowest BCUT2D eigenvalue weighted by atomic mass is 10.00. The minimum atomic E-state index is -1.02. The van der Waals surface area contributed by atoms with Crippen molar-refractivity contribution in [1.29, 1.82) is 0 Å². The van der Waals surface area contributed by atoms with Gasteiger partial charge < -0.3 is 20.1 Å². The van der Waals surface area contributed by atoms with Gasteiger partial charge in [0, 0.05) is 35.7 Å². The number of anilines is 1. The van der Waals surface area contributed by atoms with Crippen LogP contribution in [0.1, 0.15) is 53.7 Å². The first kappa shape index (κ1) is 32.0. The van der Waals surface area contributed by atoms with Crippen molar-refractivity contribution in [2.24, 2.45) is 5.92 Å². The number of nitrogens with one attached hydrogen (secondary N) is 1. The SMILES string of the molecule is CCC(CC)C(=O)N(CCOc1ccc(C[C@H](Nc2ccccc2C(=O)c2ccccc2)C(=O)O)cc1)Cc1ccccc1. The Balaban J connectivity index is 1.38. The van der Waals surface area contributed by atoms with Gasteiger partial charge >= 0.3 is 5.97 Å².